The van der Waals surface area contributed by atoms with Crippen molar-refractivity contribution < 1.29 is 9.63 Å². The van der Waals surface area contributed by atoms with Crippen LogP contribution in [0.2, 0.25) is 0 Å². The zero-order valence-electron chi connectivity index (χ0n) is 8.27. The van der Waals surface area contributed by atoms with Gasteiger partial charge in [-0.25, -0.2) is 0 Å². The normalized spacial score (nSPS) is 9.62. The number of benzene rings is 1. The number of halogens is 1. The van der Waals surface area contributed by atoms with Gasteiger partial charge in [0, 0.05) is 15.2 Å². The fraction of sp³-hybridized carbons (Fsp3) is 0.0833. The van der Waals surface area contributed by atoms with Crippen LogP contribution in [0.3, 0.4) is 0 Å². The molecule has 0 spiro atoms. The van der Waals surface area contributed by atoms with Gasteiger partial charge in [-0.05, 0) is 52.8 Å². The largest absolute Gasteiger partial charge is 0.390 e. The lowest BCUT2D eigenvalue weighted by molar-refractivity contribution is 0.266. The number of hydrogen-bond donors (Lipinski definition) is 1. The Labute approximate surface area is 107 Å². The molecule has 0 aliphatic carbocycles. The number of hydrogen-bond acceptors (Lipinski definition) is 3. The van der Waals surface area contributed by atoms with Gasteiger partial charge in [0.25, 0.3) is 0 Å². The lowest BCUT2D eigenvalue weighted by Crippen LogP contribution is -1.78. The van der Waals surface area contributed by atoms with Crippen molar-refractivity contribution in [2.75, 3.05) is 0 Å². The van der Waals surface area contributed by atoms with Crippen molar-refractivity contribution in [2.24, 2.45) is 0 Å². The first-order valence-electron chi connectivity index (χ1n) is 4.62. The van der Waals surface area contributed by atoms with Gasteiger partial charge >= 0.3 is 0 Å². The highest BCUT2D eigenvalue weighted by atomic mass is 127. The standard InChI is InChI=1S/C12H8INO2/c13-10-4-1-9(2-5-10)3-6-12-7-11(8-15)14-16-12/h1-2,4-5,7,15H,8H2. The number of aromatic nitrogens is 1. The molecule has 1 aromatic carbocycles. The van der Waals surface area contributed by atoms with Crippen molar-refractivity contribution in [1.82, 2.24) is 5.16 Å². The molecule has 0 fully saturated rings. The second-order valence-corrected chi connectivity index (χ2v) is 4.34. The molecular weight excluding hydrogens is 317 g/mol. The van der Waals surface area contributed by atoms with Gasteiger partial charge < -0.3 is 9.63 Å². The Morgan fingerprint density at radius 2 is 2.00 bits per heavy atom. The zero-order valence-corrected chi connectivity index (χ0v) is 10.4. The molecule has 0 amide bonds. The number of aliphatic hydroxyl groups excluding tert-OH is 1. The van der Waals surface area contributed by atoms with E-state index >= 15 is 0 Å². The van der Waals surface area contributed by atoms with Gasteiger partial charge in [-0.3, -0.25) is 0 Å². The summed E-state index contributed by atoms with van der Waals surface area (Å²) in [4.78, 5) is 0. The smallest absolute Gasteiger partial charge is 0.210 e. The van der Waals surface area contributed by atoms with E-state index in [-0.39, 0.29) is 6.61 Å². The third kappa shape index (κ3) is 2.84. The first kappa shape index (κ1) is 11.2. The van der Waals surface area contributed by atoms with E-state index in [2.05, 4.69) is 39.6 Å². The third-order valence-corrected chi connectivity index (χ3v) is 2.61. The van der Waals surface area contributed by atoms with Gasteiger partial charge in [0.05, 0.1) is 6.61 Å². The predicted molar refractivity (Wildman–Crippen MR) is 67.6 cm³/mol. The van der Waals surface area contributed by atoms with E-state index in [0.717, 1.165) is 5.56 Å². The fourth-order valence-electron chi connectivity index (χ4n) is 1.11. The van der Waals surface area contributed by atoms with Gasteiger partial charge in [0.1, 0.15) is 5.69 Å². The van der Waals surface area contributed by atoms with Crippen molar-refractivity contribution in [3.63, 3.8) is 0 Å². The highest BCUT2D eigenvalue weighted by Gasteiger charge is 1.98. The minimum Gasteiger partial charge on any atom is -0.390 e. The second kappa shape index (κ2) is 5.14. The maximum atomic E-state index is 8.80. The highest BCUT2D eigenvalue weighted by molar-refractivity contribution is 14.1. The van der Waals surface area contributed by atoms with Crippen LogP contribution in [0.4, 0.5) is 0 Å². The number of rotatable bonds is 1. The Balaban J connectivity index is 2.18. The SMILES string of the molecule is OCc1cc(C#Cc2ccc(I)cc2)on1. The van der Waals surface area contributed by atoms with E-state index in [4.69, 9.17) is 9.63 Å². The summed E-state index contributed by atoms with van der Waals surface area (Å²) in [6.07, 6.45) is 0. The van der Waals surface area contributed by atoms with Crippen LogP contribution >= 0.6 is 22.6 Å². The quantitative estimate of drug-likeness (QED) is 0.646. The Morgan fingerprint density at radius 3 is 2.62 bits per heavy atom. The van der Waals surface area contributed by atoms with Gasteiger partial charge in [-0.2, -0.15) is 0 Å². The molecule has 2 aromatic rings. The van der Waals surface area contributed by atoms with Gasteiger partial charge in [0.2, 0.25) is 5.76 Å². The molecule has 2 rings (SSSR count). The van der Waals surface area contributed by atoms with Gasteiger partial charge in [-0.15, -0.1) is 0 Å². The minimum atomic E-state index is -0.130. The Morgan fingerprint density at radius 1 is 1.25 bits per heavy atom. The van der Waals surface area contributed by atoms with Crippen LogP contribution in [0.15, 0.2) is 34.9 Å². The maximum absolute atomic E-state index is 8.80. The summed E-state index contributed by atoms with van der Waals surface area (Å²) < 4.78 is 6.09. The summed E-state index contributed by atoms with van der Waals surface area (Å²) in [5, 5.41) is 12.4. The molecule has 0 bridgehead atoms. The van der Waals surface area contributed by atoms with Crippen molar-refractivity contribution in [3.05, 3.63) is 50.9 Å². The van der Waals surface area contributed by atoms with Crippen LogP contribution in [-0.2, 0) is 6.61 Å². The molecule has 3 nitrogen and oxygen atoms in total. The molecule has 1 N–H and O–H groups in total. The summed E-state index contributed by atoms with van der Waals surface area (Å²) >= 11 is 2.24. The highest BCUT2D eigenvalue weighted by Crippen LogP contribution is 2.06. The van der Waals surface area contributed by atoms with E-state index < -0.39 is 0 Å². The number of aliphatic hydroxyl groups is 1. The molecule has 0 saturated carbocycles. The van der Waals surface area contributed by atoms with E-state index in [1.165, 1.54) is 3.57 Å². The maximum Gasteiger partial charge on any atom is 0.210 e. The Kier molecular flexibility index (Phi) is 3.59. The van der Waals surface area contributed by atoms with E-state index in [1.54, 1.807) is 6.07 Å². The summed E-state index contributed by atoms with van der Waals surface area (Å²) in [7, 11) is 0. The monoisotopic (exact) mass is 325 g/mol. The summed E-state index contributed by atoms with van der Waals surface area (Å²) in [6.45, 7) is -0.130. The number of nitrogens with zero attached hydrogens (tertiary/aromatic N) is 1. The van der Waals surface area contributed by atoms with Crippen LogP contribution < -0.4 is 0 Å². The molecule has 0 aliphatic rings. The molecule has 0 atom stereocenters. The van der Waals surface area contributed by atoms with Crippen molar-refractivity contribution in [2.45, 2.75) is 6.61 Å². The lowest BCUT2D eigenvalue weighted by atomic mass is 10.2. The second-order valence-electron chi connectivity index (χ2n) is 3.10. The topological polar surface area (TPSA) is 46.3 Å². The predicted octanol–water partition coefficient (Wildman–Crippen LogP) is 2.17. The lowest BCUT2D eigenvalue weighted by Gasteiger charge is -1.89. The molecular formula is C12H8INO2. The fourth-order valence-corrected chi connectivity index (χ4v) is 1.47. The first-order chi connectivity index (χ1) is 7.78. The molecule has 0 aliphatic heterocycles. The first-order valence-corrected chi connectivity index (χ1v) is 5.70. The van der Waals surface area contributed by atoms with Crippen LogP contribution in [-0.4, -0.2) is 10.3 Å². The zero-order chi connectivity index (χ0) is 11.4. The molecule has 0 unspecified atom stereocenters. The molecule has 0 saturated heterocycles. The van der Waals surface area contributed by atoms with Crippen LogP contribution in [0.25, 0.3) is 0 Å². The van der Waals surface area contributed by atoms with Crippen molar-refractivity contribution in [1.29, 1.82) is 0 Å². The van der Waals surface area contributed by atoms with Crippen LogP contribution in [0.5, 0.6) is 0 Å². The van der Waals surface area contributed by atoms with E-state index in [0.29, 0.717) is 11.5 Å². The van der Waals surface area contributed by atoms with Gasteiger partial charge in [0.15, 0.2) is 0 Å². The summed E-state index contributed by atoms with van der Waals surface area (Å²) in [6, 6.07) is 9.49. The molecule has 1 aromatic heterocycles. The molecule has 16 heavy (non-hydrogen) atoms. The molecule has 80 valence electrons. The van der Waals surface area contributed by atoms with Crippen LogP contribution in [0.1, 0.15) is 17.0 Å². The minimum absolute atomic E-state index is 0.130. The summed E-state index contributed by atoms with van der Waals surface area (Å²) in [5.74, 6) is 6.26. The molecule has 4 heteroatoms. The Bertz CT molecular complexity index is 534. The van der Waals surface area contributed by atoms with Crippen molar-refractivity contribution in [3.8, 4) is 11.8 Å². The average Bonchev–Trinajstić information content (AvgIpc) is 2.76. The van der Waals surface area contributed by atoms with E-state index in [9.17, 15) is 0 Å². The van der Waals surface area contributed by atoms with E-state index in [1.807, 2.05) is 24.3 Å². The van der Waals surface area contributed by atoms with Gasteiger partial charge in [-0.1, -0.05) is 11.1 Å². The Hall–Kier alpha value is -1.32. The third-order valence-electron chi connectivity index (χ3n) is 1.90. The molecule has 0 radical (unpaired) electrons. The molecule has 1 heterocycles. The average molecular weight is 325 g/mol. The van der Waals surface area contributed by atoms with Crippen molar-refractivity contribution >= 4 is 22.6 Å². The summed E-state index contributed by atoms with van der Waals surface area (Å²) in [5.41, 5.74) is 1.41. The van der Waals surface area contributed by atoms with Crippen LogP contribution in [0, 0.1) is 15.4 Å².